The van der Waals surface area contributed by atoms with Crippen molar-refractivity contribution in [3.8, 4) is 5.75 Å². The van der Waals surface area contributed by atoms with E-state index < -0.39 is 30.9 Å². The van der Waals surface area contributed by atoms with Gasteiger partial charge in [-0.15, -0.1) is 0 Å². The summed E-state index contributed by atoms with van der Waals surface area (Å²) < 4.78 is 10.3. The Morgan fingerprint density at radius 2 is 1.56 bits per heavy atom. The predicted octanol–water partition coefficient (Wildman–Crippen LogP) is 3.05. The largest absolute Gasteiger partial charge is 0.456 e. The second-order valence-corrected chi connectivity index (χ2v) is 8.76. The van der Waals surface area contributed by atoms with E-state index in [2.05, 4.69) is 6.92 Å². The number of nitrogens with zero attached hydrogens (tertiary/aromatic N) is 1. The molecule has 0 N–H and O–H groups in total. The third-order valence-corrected chi connectivity index (χ3v) is 6.33. The normalized spacial score (nSPS) is 21.7. The first-order valence-electron chi connectivity index (χ1n) is 11.2. The molecule has 8 nitrogen and oxygen atoms in total. The van der Waals surface area contributed by atoms with Gasteiger partial charge in [-0.25, -0.2) is 4.79 Å². The number of fused-ring (bicyclic) bond motifs is 1. The fraction of sp³-hybridized carbons (Fsp3) is 0.346. The Labute approximate surface area is 196 Å². The van der Waals surface area contributed by atoms with Crippen LogP contribution in [0.25, 0.3) is 0 Å². The number of likely N-dealkylation sites (tertiary alicyclic amines) is 1. The van der Waals surface area contributed by atoms with E-state index in [4.69, 9.17) is 9.47 Å². The maximum Gasteiger partial charge on any atom is 0.343 e. The lowest BCUT2D eigenvalue weighted by atomic mass is 9.76. The van der Waals surface area contributed by atoms with Crippen LogP contribution in [0.1, 0.15) is 46.9 Å². The molecule has 1 saturated carbocycles. The lowest BCUT2D eigenvalue weighted by Crippen LogP contribution is -2.37. The van der Waals surface area contributed by atoms with E-state index in [1.165, 1.54) is 24.3 Å². The molecule has 1 aliphatic heterocycles. The summed E-state index contributed by atoms with van der Waals surface area (Å²) in [5.74, 6) is -2.52. The van der Waals surface area contributed by atoms with Crippen LogP contribution in [0.4, 0.5) is 0 Å². The molecule has 1 saturated heterocycles. The van der Waals surface area contributed by atoms with Gasteiger partial charge in [-0.3, -0.25) is 24.1 Å². The van der Waals surface area contributed by atoms with Crippen LogP contribution in [-0.4, -0.2) is 47.6 Å². The van der Waals surface area contributed by atoms with Crippen molar-refractivity contribution in [2.75, 3.05) is 13.2 Å². The van der Waals surface area contributed by atoms with Gasteiger partial charge in [0.25, 0.3) is 0 Å². The molecule has 2 aromatic rings. The van der Waals surface area contributed by atoms with E-state index in [0.717, 1.165) is 11.3 Å². The fourth-order valence-corrected chi connectivity index (χ4v) is 4.47. The van der Waals surface area contributed by atoms with Gasteiger partial charge in [-0.1, -0.05) is 25.1 Å². The number of ketones is 1. The Kier molecular flexibility index (Phi) is 6.86. The van der Waals surface area contributed by atoms with Gasteiger partial charge < -0.3 is 9.47 Å². The van der Waals surface area contributed by atoms with Crippen LogP contribution in [0.3, 0.4) is 0 Å². The minimum absolute atomic E-state index is 0.264. The number of carbonyl (C=O) groups is 5. The molecule has 1 heterocycles. The minimum atomic E-state index is -0.810. The summed E-state index contributed by atoms with van der Waals surface area (Å²) in [5, 5.41) is 0. The second kappa shape index (κ2) is 9.99. The average molecular weight is 463 g/mol. The molecule has 3 atom stereocenters. The lowest BCUT2D eigenvalue weighted by Gasteiger charge is -2.25. The molecule has 0 spiro atoms. The van der Waals surface area contributed by atoms with Crippen LogP contribution in [0.2, 0.25) is 0 Å². The summed E-state index contributed by atoms with van der Waals surface area (Å²) in [4.78, 5) is 62.8. The first-order valence-corrected chi connectivity index (χ1v) is 11.2. The molecule has 0 bridgehead atoms. The van der Waals surface area contributed by atoms with Crippen LogP contribution in [0, 0.1) is 17.8 Å². The van der Waals surface area contributed by atoms with Crippen LogP contribution in [0.5, 0.6) is 5.75 Å². The molecular formula is C26H25NO7. The van der Waals surface area contributed by atoms with Gasteiger partial charge in [-0.05, 0) is 61.6 Å². The molecule has 2 amide bonds. The van der Waals surface area contributed by atoms with E-state index in [1.807, 2.05) is 0 Å². The maximum atomic E-state index is 12.6. The number of hydrogen-bond donors (Lipinski definition) is 0. The van der Waals surface area contributed by atoms with Crippen LogP contribution in [-0.2, 0) is 19.1 Å². The summed E-state index contributed by atoms with van der Waals surface area (Å²) in [6.45, 7) is 1.04. The van der Waals surface area contributed by atoms with Gasteiger partial charge in [0, 0.05) is 5.56 Å². The highest BCUT2D eigenvalue weighted by atomic mass is 16.5. The van der Waals surface area contributed by atoms with Gasteiger partial charge >= 0.3 is 11.9 Å². The number of benzene rings is 2. The quantitative estimate of drug-likeness (QED) is 0.269. The van der Waals surface area contributed by atoms with Crippen LogP contribution in [0.15, 0.2) is 54.6 Å². The maximum absolute atomic E-state index is 12.6. The van der Waals surface area contributed by atoms with Gasteiger partial charge in [0.2, 0.25) is 11.8 Å². The molecule has 0 radical (unpaired) electrons. The van der Waals surface area contributed by atoms with Gasteiger partial charge in [0.15, 0.2) is 12.4 Å². The molecule has 2 aliphatic rings. The number of ether oxygens (including phenoxy) is 2. The standard InChI is InChI=1S/C26H25NO7/c1-16-7-12-20-21(13-16)25(31)27(24(20)30)14-23(29)33-15-22(28)17-8-10-19(11-9-17)34-26(32)18-5-3-2-4-6-18/h2-6,8-11,16,20-21H,7,12-15H2,1H3. The lowest BCUT2D eigenvalue weighted by molar-refractivity contribution is -0.152. The fourth-order valence-electron chi connectivity index (χ4n) is 4.47. The van der Waals surface area contributed by atoms with Gasteiger partial charge in [0.05, 0.1) is 17.4 Å². The molecule has 2 fully saturated rings. The Bertz CT molecular complexity index is 1110. The first-order chi connectivity index (χ1) is 16.3. The highest BCUT2D eigenvalue weighted by Crippen LogP contribution is 2.40. The van der Waals surface area contributed by atoms with Crippen molar-refractivity contribution >= 4 is 29.5 Å². The Balaban J connectivity index is 1.27. The zero-order valence-electron chi connectivity index (χ0n) is 18.8. The molecule has 4 rings (SSSR count). The van der Waals surface area contributed by atoms with E-state index >= 15 is 0 Å². The van der Waals surface area contributed by atoms with Crippen molar-refractivity contribution < 1.29 is 33.4 Å². The van der Waals surface area contributed by atoms with E-state index in [-0.39, 0.29) is 35.0 Å². The SMILES string of the molecule is CC1CCC2C(=O)N(CC(=O)OCC(=O)c3ccc(OC(=O)c4ccccc4)cc3)C(=O)C2C1. The molecule has 3 unspecified atom stereocenters. The average Bonchev–Trinajstić information content (AvgIpc) is 3.07. The third-order valence-electron chi connectivity index (χ3n) is 6.33. The van der Waals surface area contributed by atoms with Crippen molar-refractivity contribution in [3.63, 3.8) is 0 Å². The van der Waals surface area contributed by atoms with Crippen molar-refractivity contribution in [1.82, 2.24) is 4.90 Å². The van der Waals surface area contributed by atoms with E-state index in [9.17, 15) is 24.0 Å². The predicted molar refractivity (Wildman–Crippen MR) is 120 cm³/mol. The summed E-state index contributed by atoms with van der Waals surface area (Å²) in [6, 6.07) is 14.4. The van der Waals surface area contributed by atoms with Gasteiger partial charge in [0.1, 0.15) is 12.3 Å². The van der Waals surface area contributed by atoms with Crippen molar-refractivity contribution in [2.45, 2.75) is 26.2 Å². The minimum Gasteiger partial charge on any atom is -0.456 e. The molecule has 2 aromatic carbocycles. The summed E-state index contributed by atoms with van der Waals surface area (Å²) in [6.07, 6.45) is 2.18. The van der Waals surface area contributed by atoms with Gasteiger partial charge in [-0.2, -0.15) is 0 Å². The number of carbonyl (C=O) groups excluding carboxylic acids is 5. The van der Waals surface area contributed by atoms with E-state index in [1.54, 1.807) is 30.3 Å². The third kappa shape index (κ3) is 5.06. The molecule has 1 aliphatic carbocycles. The van der Waals surface area contributed by atoms with Crippen molar-refractivity contribution in [1.29, 1.82) is 0 Å². The van der Waals surface area contributed by atoms with Crippen LogP contribution < -0.4 is 4.74 Å². The molecule has 176 valence electrons. The second-order valence-electron chi connectivity index (χ2n) is 8.76. The zero-order valence-corrected chi connectivity index (χ0v) is 18.8. The smallest absolute Gasteiger partial charge is 0.343 e. The number of hydrogen-bond acceptors (Lipinski definition) is 7. The number of esters is 2. The number of amides is 2. The zero-order chi connectivity index (χ0) is 24.2. The first kappa shape index (κ1) is 23.4. The summed E-state index contributed by atoms with van der Waals surface area (Å²) in [7, 11) is 0. The Morgan fingerprint density at radius 1 is 0.882 bits per heavy atom. The molecular weight excluding hydrogens is 438 g/mol. The summed E-state index contributed by atoms with van der Waals surface area (Å²) in [5.41, 5.74) is 0.666. The number of Topliss-reactive ketones (excluding diaryl/α,β-unsaturated/α-hetero) is 1. The molecule has 8 heteroatoms. The van der Waals surface area contributed by atoms with Crippen LogP contribution >= 0.6 is 0 Å². The monoisotopic (exact) mass is 463 g/mol. The highest BCUT2D eigenvalue weighted by molar-refractivity contribution is 6.07. The Morgan fingerprint density at radius 3 is 2.26 bits per heavy atom. The molecule has 34 heavy (non-hydrogen) atoms. The van der Waals surface area contributed by atoms with Crippen molar-refractivity contribution in [2.24, 2.45) is 17.8 Å². The molecule has 0 aromatic heterocycles. The number of rotatable bonds is 7. The van der Waals surface area contributed by atoms with Crippen molar-refractivity contribution in [3.05, 3.63) is 65.7 Å². The summed E-state index contributed by atoms with van der Waals surface area (Å²) >= 11 is 0. The number of imide groups is 1. The highest BCUT2D eigenvalue weighted by Gasteiger charge is 2.49. The Hall–Kier alpha value is -3.81. The topological polar surface area (TPSA) is 107 Å². The van der Waals surface area contributed by atoms with E-state index in [0.29, 0.717) is 24.3 Å².